The van der Waals surface area contributed by atoms with Crippen LogP contribution in [0.4, 0.5) is 5.69 Å². The normalized spacial score (nSPS) is 11.3. The molecule has 0 saturated heterocycles. The summed E-state index contributed by atoms with van der Waals surface area (Å²) in [5.41, 5.74) is 2.41. The molecule has 0 amide bonds. The second-order valence-electron chi connectivity index (χ2n) is 6.57. The Bertz CT molecular complexity index is 1190. The Morgan fingerprint density at radius 3 is 2.19 bits per heavy atom. The molecule has 10 heteroatoms. The number of rotatable bonds is 8. The van der Waals surface area contributed by atoms with Crippen LogP contribution in [0, 0.1) is 0 Å². The van der Waals surface area contributed by atoms with Gasteiger partial charge >= 0.3 is 0 Å². The monoisotopic (exact) mass is 500 g/mol. The predicted octanol–water partition coefficient (Wildman–Crippen LogP) is 5.49. The van der Waals surface area contributed by atoms with Crippen molar-refractivity contribution in [3.63, 3.8) is 0 Å². The molecule has 0 radical (unpaired) electrons. The lowest BCUT2D eigenvalue weighted by atomic mass is 10.2. The van der Waals surface area contributed by atoms with E-state index in [1.807, 2.05) is 12.1 Å². The maximum Gasteiger partial charge on any atom is 0.238 e. The number of sulfonamides is 1. The first-order valence-corrected chi connectivity index (χ1v) is 11.7. The Morgan fingerprint density at radius 2 is 1.58 bits per heavy atom. The van der Waals surface area contributed by atoms with Crippen molar-refractivity contribution >= 4 is 50.5 Å². The van der Waals surface area contributed by atoms with Crippen molar-refractivity contribution in [3.8, 4) is 11.5 Å². The summed E-state index contributed by atoms with van der Waals surface area (Å²) in [5.74, 6) is 0.894. The molecule has 3 N–H and O–H groups in total. The van der Waals surface area contributed by atoms with Gasteiger partial charge in [-0.2, -0.15) is 0 Å². The lowest BCUT2D eigenvalue weighted by Crippen LogP contribution is -2.12. The van der Waals surface area contributed by atoms with Gasteiger partial charge in [0.25, 0.3) is 0 Å². The van der Waals surface area contributed by atoms with Crippen LogP contribution in [-0.2, 0) is 23.2 Å². The summed E-state index contributed by atoms with van der Waals surface area (Å²) >= 11 is 18.4. The second kappa shape index (κ2) is 9.97. The third-order valence-electron chi connectivity index (χ3n) is 4.34. The minimum Gasteiger partial charge on any atom is -0.493 e. The molecule has 3 aromatic carbocycles. The molecule has 6 nitrogen and oxygen atoms in total. The van der Waals surface area contributed by atoms with E-state index in [4.69, 9.17) is 49.4 Å². The van der Waals surface area contributed by atoms with Gasteiger partial charge in [0.15, 0.2) is 11.5 Å². The van der Waals surface area contributed by atoms with E-state index in [1.165, 1.54) is 19.2 Å². The van der Waals surface area contributed by atoms with Crippen LogP contribution in [-0.4, -0.2) is 15.5 Å². The molecule has 0 unspecified atom stereocenters. The number of anilines is 1. The summed E-state index contributed by atoms with van der Waals surface area (Å²) in [6.45, 7) is 0.666. The van der Waals surface area contributed by atoms with Crippen LogP contribution in [0.2, 0.25) is 15.1 Å². The molecule has 0 aliphatic carbocycles. The number of hydrogen-bond acceptors (Lipinski definition) is 5. The number of methoxy groups -OCH3 is 1. The van der Waals surface area contributed by atoms with E-state index in [0.717, 1.165) is 16.8 Å². The van der Waals surface area contributed by atoms with Crippen LogP contribution >= 0.6 is 34.8 Å². The summed E-state index contributed by atoms with van der Waals surface area (Å²) in [6.07, 6.45) is 0. The minimum absolute atomic E-state index is 0.0474. The Labute approximate surface area is 195 Å². The molecule has 31 heavy (non-hydrogen) atoms. The van der Waals surface area contributed by atoms with E-state index in [1.54, 1.807) is 30.3 Å². The zero-order valence-electron chi connectivity index (χ0n) is 16.4. The summed E-state index contributed by atoms with van der Waals surface area (Å²) in [4.78, 5) is 0.0474. The first kappa shape index (κ1) is 23.5. The highest BCUT2D eigenvalue weighted by Gasteiger charge is 2.13. The average Bonchev–Trinajstić information content (AvgIpc) is 2.73. The lowest BCUT2D eigenvalue weighted by molar-refractivity contribution is 0.284. The molecule has 0 fully saturated rings. The predicted molar refractivity (Wildman–Crippen MR) is 124 cm³/mol. The fraction of sp³-hybridized carbons (Fsp3) is 0.143. The van der Waals surface area contributed by atoms with Gasteiger partial charge < -0.3 is 14.8 Å². The maximum absolute atomic E-state index is 11.3. The number of benzene rings is 3. The molecule has 0 spiro atoms. The molecule has 0 heterocycles. The summed E-state index contributed by atoms with van der Waals surface area (Å²) in [6, 6.07) is 14.9. The number of hydrogen-bond donors (Lipinski definition) is 2. The van der Waals surface area contributed by atoms with E-state index in [-0.39, 0.29) is 11.5 Å². The first-order chi connectivity index (χ1) is 14.7. The molecule has 3 aromatic rings. The number of primary sulfonamides is 1. The van der Waals surface area contributed by atoms with E-state index >= 15 is 0 Å². The zero-order valence-corrected chi connectivity index (χ0v) is 19.4. The van der Waals surface area contributed by atoms with Crippen LogP contribution in [0.25, 0.3) is 0 Å². The van der Waals surface area contributed by atoms with Crippen LogP contribution in [0.1, 0.15) is 11.1 Å². The first-order valence-electron chi connectivity index (χ1n) is 8.97. The third-order valence-corrected chi connectivity index (χ3v) is 6.28. The summed E-state index contributed by atoms with van der Waals surface area (Å²) < 4.78 is 34.0. The number of nitrogens with two attached hydrogens (primary N) is 1. The molecule has 0 atom stereocenters. The fourth-order valence-corrected chi connectivity index (χ4v) is 3.89. The topological polar surface area (TPSA) is 90.6 Å². The van der Waals surface area contributed by atoms with Gasteiger partial charge in [-0.1, -0.05) is 40.9 Å². The van der Waals surface area contributed by atoms with Crippen molar-refractivity contribution in [1.82, 2.24) is 0 Å². The van der Waals surface area contributed by atoms with E-state index < -0.39 is 10.0 Å². The van der Waals surface area contributed by atoms with Crippen molar-refractivity contribution in [3.05, 3.63) is 80.8 Å². The van der Waals surface area contributed by atoms with Gasteiger partial charge in [0, 0.05) is 12.2 Å². The Balaban J connectivity index is 1.70. The summed E-state index contributed by atoms with van der Waals surface area (Å²) in [7, 11) is -2.20. The van der Waals surface area contributed by atoms with Gasteiger partial charge in [-0.15, -0.1) is 0 Å². The van der Waals surface area contributed by atoms with Crippen molar-refractivity contribution in [2.45, 2.75) is 18.0 Å². The molecule has 0 bridgehead atoms. The fourth-order valence-electron chi connectivity index (χ4n) is 2.77. The van der Waals surface area contributed by atoms with Gasteiger partial charge in [0.05, 0.1) is 27.1 Å². The lowest BCUT2D eigenvalue weighted by Gasteiger charge is -2.15. The van der Waals surface area contributed by atoms with Crippen LogP contribution in [0.3, 0.4) is 0 Å². The van der Waals surface area contributed by atoms with E-state index in [2.05, 4.69) is 5.32 Å². The number of ether oxygens (including phenoxy) is 2. The van der Waals surface area contributed by atoms with E-state index in [0.29, 0.717) is 33.1 Å². The van der Waals surface area contributed by atoms with Crippen molar-refractivity contribution < 1.29 is 17.9 Å². The largest absolute Gasteiger partial charge is 0.493 e. The SMILES string of the molecule is COc1cc(CNc2ccc(S(N)(=O)=O)cc2)cc(Cl)c1OCc1ccc(Cl)c(Cl)c1. The third kappa shape index (κ3) is 6.18. The Kier molecular flexibility index (Phi) is 7.56. The molecule has 164 valence electrons. The van der Waals surface area contributed by atoms with Gasteiger partial charge in [0.2, 0.25) is 10.0 Å². The van der Waals surface area contributed by atoms with Crippen LogP contribution in [0.5, 0.6) is 11.5 Å². The van der Waals surface area contributed by atoms with Crippen molar-refractivity contribution in [1.29, 1.82) is 0 Å². The zero-order chi connectivity index (χ0) is 22.6. The highest BCUT2D eigenvalue weighted by atomic mass is 35.5. The van der Waals surface area contributed by atoms with E-state index in [9.17, 15) is 8.42 Å². The van der Waals surface area contributed by atoms with Gasteiger partial charge in [-0.25, -0.2) is 13.6 Å². The highest BCUT2D eigenvalue weighted by Crippen LogP contribution is 2.37. The van der Waals surface area contributed by atoms with Crippen molar-refractivity contribution in [2.75, 3.05) is 12.4 Å². The maximum atomic E-state index is 11.3. The van der Waals surface area contributed by atoms with Gasteiger partial charge in [0.1, 0.15) is 6.61 Å². The Morgan fingerprint density at radius 1 is 0.903 bits per heavy atom. The van der Waals surface area contributed by atoms with Gasteiger partial charge in [-0.05, 0) is 59.7 Å². The van der Waals surface area contributed by atoms with Crippen molar-refractivity contribution in [2.24, 2.45) is 5.14 Å². The molecular weight excluding hydrogens is 483 g/mol. The van der Waals surface area contributed by atoms with Gasteiger partial charge in [-0.3, -0.25) is 0 Å². The smallest absolute Gasteiger partial charge is 0.238 e. The molecule has 3 rings (SSSR count). The molecule has 0 aromatic heterocycles. The minimum atomic E-state index is -3.73. The Hall–Kier alpha value is -2.16. The van der Waals surface area contributed by atoms with Crippen LogP contribution in [0.15, 0.2) is 59.5 Å². The quantitative estimate of drug-likeness (QED) is 0.426. The molecule has 0 saturated carbocycles. The molecule has 0 aliphatic rings. The highest BCUT2D eigenvalue weighted by molar-refractivity contribution is 7.89. The molecular formula is C21H19Cl3N2O4S. The number of nitrogens with one attached hydrogen (secondary N) is 1. The second-order valence-corrected chi connectivity index (χ2v) is 9.35. The molecule has 0 aliphatic heterocycles. The van der Waals surface area contributed by atoms with Crippen LogP contribution < -0.4 is 19.9 Å². The average molecular weight is 502 g/mol. The standard InChI is InChI=1S/C21H19Cl3N2O4S/c1-29-20-10-14(11-26-15-3-5-16(6-4-15)31(25,27)28)9-19(24)21(20)30-12-13-2-7-17(22)18(23)8-13/h2-10,26H,11-12H2,1H3,(H2,25,27,28). The number of halogens is 3. The summed E-state index contributed by atoms with van der Waals surface area (Å²) in [5, 5.41) is 9.60.